The van der Waals surface area contributed by atoms with Gasteiger partial charge in [-0.05, 0) is 79.8 Å². The summed E-state index contributed by atoms with van der Waals surface area (Å²) in [6.07, 6.45) is 0.712. The number of hydrazine groups is 1. The van der Waals surface area contributed by atoms with Crippen molar-refractivity contribution in [2.24, 2.45) is 23.7 Å². The Bertz CT molecular complexity index is 1670. The summed E-state index contributed by atoms with van der Waals surface area (Å²) in [6.45, 7) is 1.30. The number of amides is 3. The van der Waals surface area contributed by atoms with Gasteiger partial charge >= 0.3 is 5.97 Å². The largest absolute Gasteiger partial charge is 0.423 e. The Morgan fingerprint density at radius 3 is 2.00 bits per heavy atom. The van der Waals surface area contributed by atoms with Crippen LogP contribution >= 0.6 is 55.1 Å². The summed E-state index contributed by atoms with van der Waals surface area (Å²) in [5, 5.41) is 2.03. The van der Waals surface area contributed by atoms with E-state index in [1.807, 2.05) is 6.92 Å². The van der Waals surface area contributed by atoms with Crippen LogP contribution in [0.5, 0.6) is 5.75 Å². The van der Waals surface area contributed by atoms with Crippen LogP contribution in [0.25, 0.3) is 0 Å². The van der Waals surface area contributed by atoms with Crippen LogP contribution in [-0.4, -0.2) is 55.7 Å². The van der Waals surface area contributed by atoms with Crippen molar-refractivity contribution in [3.63, 3.8) is 0 Å². The molecule has 1 saturated heterocycles. The number of esters is 1. The van der Waals surface area contributed by atoms with Gasteiger partial charge in [0.25, 0.3) is 17.7 Å². The summed E-state index contributed by atoms with van der Waals surface area (Å²) < 4.78 is 5.42. The fourth-order valence-electron chi connectivity index (χ4n) is 6.40. The topological polar surface area (TPSA) is 101 Å². The molecule has 2 saturated carbocycles. The maximum absolute atomic E-state index is 13.9. The highest BCUT2D eigenvalue weighted by atomic mass is 79.9. The van der Waals surface area contributed by atoms with Crippen LogP contribution in [0.2, 0.25) is 10.0 Å². The van der Waals surface area contributed by atoms with Gasteiger partial charge in [0, 0.05) is 20.2 Å². The molecule has 1 aliphatic heterocycles. The second-order valence-corrected chi connectivity index (χ2v) is 14.1. The number of ketones is 1. The molecule has 1 heterocycles. The Kier molecular flexibility index (Phi) is 8.47. The fraction of sp³-hybridized carbons (Fsp3) is 0.281. The molecule has 0 radical (unpaired) electrons. The SMILES string of the molecule is Cc1ccc(C(=O)Oc2ccc(C(=O)CN(C(=O)c3ccc(Cl)cc3Cl)N3C(=O)[C@@H]4[C@H]5C[C@@H]([C@H](Br)[C@@H]5Br)[C@@H]4C3=O)cc2)cc1. The number of ether oxygens (including phenoxy) is 1. The van der Waals surface area contributed by atoms with E-state index in [2.05, 4.69) is 31.9 Å². The summed E-state index contributed by atoms with van der Waals surface area (Å²) in [4.78, 5) is 67.6. The van der Waals surface area contributed by atoms with E-state index < -0.39 is 47.9 Å². The molecule has 3 amide bonds. The normalized spacial score (nSPS) is 25.2. The van der Waals surface area contributed by atoms with Crippen molar-refractivity contribution < 1.29 is 28.7 Å². The van der Waals surface area contributed by atoms with E-state index in [9.17, 15) is 24.0 Å². The lowest BCUT2D eigenvalue weighted by Gasteiger charge is -2.31. The van der Waals surface area contributed by atoms with E-state index in [0.717, 1.165) is 15.6 Å². The lowest BCUT2D eigenvalue weighted by atomic mass is 9.81. The molecule has 6 rings (SSSR count). The van der Waals surface area contributed by atoms with E-state index >= 15 is 0 Å². The number of aryl methyl sites for hydroxylation is 1. The third-order valence-corrected chi connectivity index (χ3v) is 12.3. The number of benzene rings is 3. The zero-order valence-corrected chi connectivity index (χ0v) is 27.8. The molecule has 44 heavy (non-hydrogen) atoms. The van der Waals surface area contributed by atoms with Gasteiger partial charge in [-0.1, -0.05) is 72.8 Å². The van der Waals surface area contributed by atoms with Crippen molar-refractivity contribution in [3.8, 4) is 5.75 Å². The highest BCUT2D eigenvalue weighted by molar-refractivity contribution is 9.12. The second kappa shape index (κ2) is 12.0. The minimum Gasteiger partial charge on any atom is -0.423 e. The Morgan fingerprint density at radius 2 is 1.43 bits per heavy atom. The Morgan fingerprint density at radius 1 is 0.864 bits per heavy atom. The van der Waals surface area contributed by atoms with Crippen LogP contribution in [0.1, 0.15) is 43.1 Å². The average Bonchev–Trinajstić information content (AvgIpc) is 3.61. The molecule has 0 unspecified atom stereocenters. The first kappa shape index (κ1) is 31.0. The van der Waals surface area contributed by atoms with Gasteiger partial charge in [0.15, 0.2) is 5.78 Å². The second-order valence-electron chi connectivity index (χ2n) is 11.2. The van der Waals surface area contributed by atoms with Gasteiger partial charge in [0.05, 0.1) is 28.0 Å². The fourth-order valence-corrected chi connectivity index (χ4v) is 8.76. The predicted molar refractivity (Wildman–Crippen MR) is 170 cm³/mol. The Hall–Kier alpha value is -3.05. The molecule has 3 fully saturated rings. The first-order chi connectivity index (χ1) is 21.0. The number of rotatable bonds is 7. The molecule has 2 aliphatic carbocycles. The van der Waals surface area contributed by atoms with E-state index in [1.165, 1.54) is 42.5 Å². The summed E-state index contributed by atoms with van der Waals surface area (Å²) in [5.74, 6) is -4.06. The van der Waals surface area contributed by atoms with Crippen molar-refractivity contribution in [3.05, 3.63) is 99.0 Å². The summed E-state index contributed by atoms with van der Waals surface area (Å²) in [7, 11) is 0. The van der Waals surface area contributed by atoms with Crippen molar-refractivity contribution in [1.29, 1.82) is 0 Å². The summed E-state index contributed by atoms with van der Waals surface area (Å²) >= 11 is 19.7. The number of imide groups is 1. The van der Waals surface area contributed by atoms with E-state index in [1.54, 1.807) is 24.3 Å². The Balaban J connectivity index is 1.26. The maximum Gasteiger partial charge on any atom is 0.343 e. The molecule has 6 atom stereocenters. The van der Waals surface area contributed by atoms with E-state index in [4.69, 9.17) is 27.9 Å². The van der Waals surface area contributed by atoms with E-state index in [-0.39, 0.29) is 43.4 Å². The van der Waals surface area contributed by atoms with Crippen molar-refractivity contribution >= 4 is 84.5 Å². The lowest BCUT2D eigenvalue weighted by molar-refractivity contribution is -0.154. The van der Waals surface area contributed by atoms with Crippen LogP contribution in [0.3, 0.4) is 0 Å². The number of fused-ring (bicyclic) bond motifs is 5. The number of hydrogen-bond acceptors (Lipinski definition) is 6. The molecule has 3 aliphatic rings. The van der Waals surface area contributed by atoms with E-state index in [0.29, 0.717) is 17.0 Å². The number of Topliss-reactive ketones (excluding diaryl/α,β-unsaturated/α-hetero) is 1. The predicted octanol–water partition coefficient (Wildman–Crippen LogP) is 6.54. The molecule has 226 valence electrons. The quantitative estimate of drug-likeness (QED) is 0.0892. The van der Waals surface area contributed by atoms with Gasteiger partial charge in [-0.15, -0.1) is 0 Å². The third-order valence-electron chi connectivity index (χ3n) is 8.57. The molecule has 3 aromatic rings. The number of alkyl halides is 2. The van der Waals surface area contributed by atoms with Crippen LogP contribution in [-0.2, 0) is 9.59 Å². The molecule has 0 N–H and O–H groups in total. The van der Waals surface area contributed by atoms with Crippen LogP contribution in [0.15, 0.2) is 66.7 Å². The average molecular weight is 763 g/mol. The number of halogens is 4. The highest BCUT2D eigenvalue weighted by Crippen LogP contribution is 2.60. The molecule has 2 bridgehead atoms. The zero-order valence-electron chi connectivity index (χ0n) is 23.1. The number of carbonyl (C=O) groups excluding carboxylic acids is 5. The van der Waals surface area contributed by atoms with Crippen molar-refractivity contribution in [1.82, 2.24) is 10.0 Å². The number of carbonyl (C=O) groups is 5. The van der Waals surface area contributed by atoms with Gasteiger partial charge in [-0.2, -0.15) is 5.01 Å². The van der Waals surface area contributed by atoms with Crippen LogP contribution < -0.4 is 4.74 Å². The molecular weight excluding hydrogens is 739 g/mol. The molecule has 0 aromatic heterocycles. The molecule has 0 spiro atoms. The molecule has 12 heteroatoms. The van der Waals surface area contributed by atoms with Crippen LogP contribution in [0, 0.1) is 30.6 Å². The zero-order chi connectivity index (χ0) is 31.4. The molecular formula is C32H24Br2Cl2N2O6. The number of hydrogen-bond donors (Lipinski definition) is 0. The molecule has 3 aromatic carbocycles. The first-order valence-electron chi connectivity index (χ1n) is 13.8. The third kappa shape index (κ3) is 5.40. The number of nitrogens with zero attached hydrogens (tertiary/aromatic N) is 2. The molecule has 8 nitrogen and oxygen atoms in total. The smallest absolute Gasteiger partial charge is 0.343 e. The summed E-state index contributed by atoms with van der Waals surface area (Å²) in [6, 6.07) is 17.0. The van der Waals surface area contributed by atoms with Gasteiger partial charge in [0.2, 0.25) is 0 Å². The Labute approximate surface area is 279 Å². The van der Waals surface area contributed by atoms with Gasteiger partial charge in [0.1, 0.15) is 12.3 Å². The van der Waals surface area contributed by atoms with Crippen LogP contribution in [0.4, 0.5) is 0 Å². The lowest BCUT2D eigenvalue weighted by Crippen LogP contribution is -2.52. The highest BCUT2D eigenvalue weighted by Gasteiger charge is 2.67. The monoisotopic (exact) mass is 760 g/mol. The van der Waals surface area contributed by atoms with Crippen molar-refractivity contribution in [2.45, 2.75) is 23.0 Å². The van der Waals surface area contributed by atoms with Gasteiger partial charge in [-0.25, -0.2) is 9.80 Å². The minimum atomic E-state index is -0.788. The first-order valence-corrected chi connectivity index (χ1v) is 16.4. The van der Waals surface area contributed by atoms with Crippen molar-refractivity contribution in [2.75, 3.05) is 6.54 Å². The maximum atomic E-state index is 13.9. The standard InChI is InChI=1S/C32H24Br2Cl2N2O6/c1-15-2-4-17(5-3-15)32(43)44-19-9-6-16(7-10-19)24(39)14-37(29(40)20-11-8-18(35)12-23(20)36)38-30(41)25-21-13-22(26(25)31(38)42)28(34)27(21)33/h2-12,21-22,25-28H,13-14H2,1H3/t21-,22-,25-,26+,27-,28+/m1/s1. The van der Waals surface area contributed by atoms with Gasteiger partial charge < -0.3 is 4.74 Å². The van der Waals surface area contributed by atoms with Gasteiger partial charge in [-0.3, -0.25) is 19.2 Å². The summed E-state index contributed by atoms with van der Waals surface area (Å²) in [5.41, 5.74) is 1.55. The minimum absolute atomic E-state index is 0.000524.